The van der Waals surface area contributed by atoms with Crippen molar-refractivity contribution in [1.82, 2.24) is 5.01 Å². The van der Waals surface area contributed by atoms with E-state index in [1.54, 1.807) is 0 Å². The standard InChI is InChI=1S/C12H12N2/c1-2-7-12-8-4-10-14(12)13-9-3-6-11(12)5-1/h1-2,4-7,9-10H,3,8H2. The zero-order valence-electron chi connectivity index (χ0n) is 7.93. The lowest BCUT2D eigenvalue weighted by Crippen LogP contribution is -2.39. The maximum atomic E-state index is 4.44. The Morgan fingerprint density at radius 2 is 2.36 bits per heavy atom. The summed E-state index contributed by atoms with van der Waals surface area (Å²) < 4.78 is 0. The molecule has 0 fully saturated rings. The number of hydrazone groups is 1. The van der Waals surface area contributed by atoms with Crippen molar-refractivity contribution in [3.8, 4) is 0 Å². The van der Waals surface area contributed by atoms with Gasteiger partial charge in [-0.15, -0.1) is 0 Å². The van der Waals surface area contributed by atoms with Gasteiger partial charge in [0, 0.05) is 25.3 Å². The molecule has 1 unspecified atom stereocenters. The summed E-state index contributed by atoms with van der Waals surface area (Å²) >= 11 is 0. The van der Waals surface area contributed by atoms with Gasteiger partial charge < -0.3 is 0 Å². The topological polar surface area (TPSA) is 15.6 Å². The first-order valence-corrected chi connectivity index (χ1v) is 4.97. The third kappa shape index (κ3) is 0.882. The van der Waals surface area contributed by atoms with Crippen LogP contribution in [0.5, 0.6) is 0 Å². The first-order valence-electron chi connectivity index (χ1n) is 4.97. The van der Waals surface area contributed by atoms with E-state index in [2.05, 4.69) is 52.8 Å². The highest BCUT2D eigenvalue weighted by Gasteiger charge is 2.39. The summed E-state index contributed by atoms with van der Waals surface area (Å²) in [6, 6.07) is 0. The van der Waals surface area contributed by atoms with E-state index in [-0.39, 0.29) is 5.54 Å². The van der Waals surface area contributed by atoms with Crippen LogP contribution in [0.3, 0.4) is 0 Å². The molecule has 2 heterocycles. The fourth-order valence-electron chi connectivity index (χ4n) is 2.27. The third-order valence-corrected chi connectivity index (χ3v) is 2.99. The Hall–Kier alpha value is -1.57. The summed E-state index contributed by atoms with van der Waals surface area (Å²) in [5, 5.41) is 6.51. The Labute approximate surface area is 83.6 Å². The molecule has 0 saturated heterocycles. The molecule has 0 aromatic carbocycles. The Morgan fingerprint density at radius 3 is 3.36 bits per heavy atom. The van der Waals surface area contributed by atoms with Gasteiger partial charge >= 0.3 is 0 Å². The molecule has 0 saturated carbocycles. The monoisotopic (exact) mass is 184 g/mol. The molecule has 2 aliphatic heterocycles. The minimum Gasteiger partial charge on any atom is -0.259 e. The lowest BCUT2D eigenvalue weighted by atomic mass is 9.84. The molecule has 0 radical (unpaired) electrons. The van der Waals surface area contributed by atoms with E-state index < -0.39 is 0 Å². The number of rotatable bonds is 0. The Kier molecular flexibility index (Phi) is 1.51. The fraction of sp³-hybridized carbons (Fsp3) is 0.250. The van der Waals surface area contributed by atoms with Gasteiger partial charge in [0.1, 0.15) is 5.54 Å². The number of hydrogen-bond acceptors (Lipinski definition) is 2. The van der Waals surface area contributed by atoms with Crippen LogP contribution in [0.2, 0.25) is 0 Å². The average molecular weight is 184 g/mol. The highest BCUT2D eigenvalue weighted by atomic mass is 15.5. The van der Waals surface area contributed by atoms with Crippen molar-refractivity contribution in [2.75, 3.05) is 0 Å². The molecule has 0 N–H and O–H groups in total. The summed E-state index contributed by atoms with van der Waals surface area (Å²) in [6.07, 6.45) is 19.1. The van der Waals surface area contributed by atoms with Gasteiger partial charge in [0.2, 0.25) is 0 Å². The van der Waals surface area contributed by atoms with E-state index in [4.69, 9.17) is 0 Å². The number of allylic oxidation sites excluding steroid dienone is 3. The van der Waals surface area contributed by atoms with E-state index in [1.807, 2.05) is 6.21 Å². The third-order valence-electron chi connectivity index (χ3n) is 2.99. The number of hydrogen-bond donors (Lipinski definition) is 0. The zero-order chi connectivity index (χ0) is 9.43. The molecule has 1 atom stereocenters. The Bertz CT molecular complexity index is 399. The minimum atomic E-state index is -0.0122. The molecule has 14 heavy (non-hydrogen) atoms. The molecule has 1 spiro atoms. The predicted octanol–water partition coefficient (Wildman–Crippen LogP) is 2.39. The lowest BCUT2D eigenvalue weighted by Gasteiger charge is -2.35. The molecule has 2 heteroatoms. The van der Waals surface area contributed by atoms with Crippen molar-refractivity contribution >= 4 is 6.21 Å². The Balaban J connectivity index is 2.15. The fourth-order valence-corrected chi connectivity index (χ4v) is 2.27. The van der Waals surface area contributed by atoms with Crippen LogP contribution >= 0.6 is 0 Å². The highest BCUT2D eigenvalue weighted by Crippen LogP contribution is 2.39. The highest BCUT2D eigenvalue weighted by molar-refractivity contribution is 5.63. The van der Waals surface area contributed by atoms with Crippen LogP contribution in [0, 0.1) is 0 Å². The van der Waals surface area contributed by atoms with Crippen LogP contribution in [0.4, 0.5) is 0 Å². The first kappa shape index (κ1) is 7.80. The van der Waals surface area contributed by atoms with E-state index >= 15 is 0 Å². The molecule has 0 aromatic heterocycles. The van der Waals surface area contributed by atoms with Gasteiger partial charge in [0.05, 0.1) is 0 Å². The van der Waals surface area contributed by atoms with Crippen molar-refractivity contribution < 1.29 is 0 Å². The number of nitrogens with zero attached hydrogens (tertiary/aromatic N) is 2. The molecule has 0 amide bonds. The van der Waals surface area contributed by atoms with E-state index in [1.165, 1.54) is 5.57 Å². The quantitative estimate of drug-likeness (QED) is 0.564. The summed E-state index contributed by atoms with van der Waals surface area (Å²) in [7, 11) is 0. The summed E-state index contributed by atoms with van der Waals surface area (Å²) in [5.41, 5.74) is 1.35. The first-order chi connectivity index (χ1) is 6.92. The van der Waals surface area contributed by atoms with Crippen molar-refractivity contribution in [2.24, 2.45) is 5.10 Å². The minimum absolute atomic E-state index is 0.0122. The molecular weight excluding hydrogens is 172 g/mol. The van der Waals surface area contributed by atoms with E-state index in [9.17, 15) is 0 Å². The van der Waals surface area contributed by atoms with Crippen LogP contribution in [0.1, 0.15) is 12.8 Å². The van der Waals surface area contributed by atoms with Crippen LogP contribution in [0.15, 0.2) is 53.3 Å². The van der Waals surface area contributed by atoms with Gasteiger partial charge in [0.15, 0.2) is 0 Å². The Morgan fingerprint density at radius 1 is 1.36 bits per heavy atom. The molecule has 3 rings (SSSR count). The van der Waals surface area contributed by atoms with Gasteiger partial charge in [-0.2, -0.15) is 5.10 Å². The van der Waals surface area contributed by atoms with E-state index in [0.717, 1.165) is 12.8 Å². The molecule has 2 nitrogen and oxygen atoms in total. The maximum absolute atomic E-state index is 4.44. The molecule has 0 aromatic rings. The average Bonchev–Trinajstić information content (AvgIpc) is 2.51. The van der Waals surface area contributed by atoms with Crippen molar-refractivity contribution in [3.05, 3.63) is 48.2 Å². The van der Waals surface area contributed by atoms with Crippen LogP contribution < -0.4 is 0 Å². The van der Waals surface area contributed by atoms with Gasteiger partial charge in [-0.25, -0.2) is 0 Å². The van der Waals surface area contributed by atoms with Crippen LogP contribution in [-0.2, 0) is 0 Å². The smallest absolute Gasteiger partial charge is 0.109 e. The van der Waals surface area contributed by atoms with Gasteiger partial charge in [-0.05, 0) is 5.57 Å². The van der Waals surface area contributed by atoms with Gasteiger partial charge in [0.25, 0.3) is 0 Å². The predicted molar refractivity (Wildman–Crippen MR) is 57.8 cm³/mol. The zero-order valence-corrected chi connectivity index (χ0v) is 7.93. The second-order valence-corrected chi connectivity index (χ2v) is 3.77. The summed E-state index contributed by atoms with van der Waals surface area (Å²) in [4.78, 5) is 0. The van der Waals surface area contributed by atoms with Crippen molar-refractivity contribution in [1.29, 1.82) is 0 Å². The van der Waals surface area contributed by atoms with E-state index in [0.29, 0.717) is 0 Å². The van der Waals surface area contributed by atoms with Gasteiger partial charge in [-0.1, -0.05) is 36.5 Å². The summed E-state index contributed by atoms with van der Waals surface area (Å²) in [6.45, 7) is 0. The molecule has 3 aliphatic rings. The molecule has 0 bridgehead atoms. The largest absolute Gasteiger partial charge is 0.259 e. The van der Waals surface area contributed by atoms with Crippen LogP contribution in [-0.4, -0.2) is 16.8 Å². The van der Waals surface area contributed by atoms with Crippen molar-refractivity contribution in [2.45, 2.75) is 18.4 Å². The second-order valence-electron chi connectivity index (χ2n) is 3.77. The molecule has 1 aliphatic carbocycles. The second kappa shape index (κ2) is 2.71. The maximum Gasteiger partial charge on any atom is 0.109 e. The lowest BCUT2D eigenvalue weighted by molar-refractivity contribution is 0.276. The van der Waals surface area contributed by atoms with Crippen LogP contribution in [0.25, 0.3) is 0 Å². The molecular formula is C12H12N2. The summed E-state index contributed by atoms with van der Waals surface area (Å²) in [5.74, 6) is 0. The molecule has 70 valence electrons. The normalized spacial score (nSPS) is 32.6. The van der Waals surface area contributed by atoms with Crippen molar-refractivity contribution in [3.63, 3.8) is 0 Å². The SMILES string of the molecule is C1=CC2=CCC=NN3C=CCC23C=C1. The van der Waals surface area contributed by atoms with Gasteiger partial charge in [-0.3, -0.25) is 5.01 Å².